The van der Waals surface area contributed by atoms with Gasteiger partial charge in [0.2, 0.25) is 6.79 Å². The minimum absolute atomic E-state index is 0.00250. The number of esters is 1. The molecule has 0 radical (unpaired) electrons. The summed E-state index contributed by atoms with van der Waals surface area (Å²) in [6.45, 7) is 3.47. The van der Waals surface area contributed by atoms with E-state index in [2.05, 4.69) is 5.32 Å². The lowest BCUT2D eigenvalue weighted by Crippen LogP contribution is -2.43. The van der Waals surface area contributed by atoms with Crippen molar-refractivity contribution < 1.29 is 46.7 Å². The van der Waals surface area contributed by atoms with Crippen molar-refractivity contribution in [3.8, 4) is 0 Å². The molecular formula is C32H39N2O10P. The van der Waals surface area contributed by atoms with Crippen molar-refractivity contribution in [3.05, 3.63) is 108 Å². The van der Waals surface area contributed by atoms with Gasteiger partial charge in [-0.15, -0.1) is 0 Å². The second kappa shape index (κ2) is 17.9. The molecule has 3 aromatic rings. The number of amides is 2. The largest absolute Gasteiger partial charge is 0.478 e. The molecule has 12 nitrogen and oxygen atoms in total. The van der Waals surface area contributed by atoms with E-state index in [1.807, 2.05) is 18.2 Å². The molecule has 0 unspecified atom stereocenters. The molecule has 13 heteroatoms. The van der Waals surface area contributed by atoms with Crippen molar-refractivity contribution in [2.45, 2.75) is 46.2 Å². The SMILES string of the molecule is CC(C)(C)OC(=O)NCCN(CC(=O)OCc1ccccc1)C(=O)OCOP(=O)(OCc1ccccc1)OCc1ccccc1. The zero-order valence-electron chi connectivity index (χ0n) is 25.6. The van der Waals surface area contributed by atoms with Crippen LogP contribution in [0.2, 0.25) is 0 Å². The molecule has 0 aliphatic carbocycles. The maximum Gasteiger partial charge on any atom is 0.478 e. The van der Waals surface area contributed by atoms with Gasteiger partial charge in [-0.2, -0.15) is 0 Å². The fourth-order valence-electron chi connectivity index (χ4n) is 3.58. The highest BCUT2D eigenvalue weighted by Gasteiger charge is 2.29. The first-order valence-corrected chi connectivity index (χ1v) is 15.7. The number of carbonyl (C=O) groups excluding carboxylic acids is 3. The third kappa shape index (κ3) is 14.4. The Labute approximate surface area is 263 Å². The van der Waals surface area contributed by atoms with Crippen LogP contribution in [0.15, 0.2) is 91.0 Å². The number of alkyl carbamates (subject to hydrolysis) is 1. The highest BCUT2D eigenvalue weighted by atomic mass is 31.2. The Bertz CT molecular complexity index is 1340. The number of phosphoric ester groups is 1. The molecule has 3 aromatic carbocycles. The Hall–Kier alpha value is -4.22. The number of carbonyl (C=O) groups is 3. The van der Waals surface area contributed by atoms with Crippen LogP contribution in [0.1, 0.15) is 37.5 Å². The number of phosphoric acid groups is 1. The molecule has 0 spiro atoms. The molecule has 0 bridgehead atoms. The van der Waals surface area contributed by atoms with E-state index in [9.17, 15) is 18.9 Å². The number of hydrogen-bond donors (Lipinski definition) is 1. The van der Waals surface area contributed by atoms with Crippen molar-refractivity contribution in [2.75, 3.05) is 26.4 Å². The van der Waals surface area contributed by atoms with E-state index in [1.165, 1.54) is 0 Å². The topological polar surface area (TPSA) is 139 Å². The third-order valence-corrected chi connectivity index (χ3v) is 7.04. The molecule has 0 fully saturated rings. The van der Waals surface area contributed by atoms with Gasteiger partial charge in [0.05, 0.1) is 13.2 Å². The summed E-state index contributed by atoms with van der Waals surface area (Å²) in [5.74, 6) is -0.711. The van der Waals surface area contributed by atoms with Gasteiger partial charge < -0.3 is 19.5 Å². The minimum atomic E-state index is -4.22. The summed E-state index contributed by atoms with van der Waals surface area (Å²) in [5.41, 5.74) is 1.49. The number of nitrogens with one attached hydrogen (secondary N) is 1. The van der Waals surface area contributed by atoms with E-state index >= 15 is 0 Å². The van der Waals surface area contributed by atoms with E-state index < -0.39 is 44.9 Å². The molecule has 0 saturated heterocycles. The van der Waals surface area contributed by atoms with Gasteiger partial charge in [0, 0.05) is 13.1 Å². The van der Waals surface area contributed by atoms with E-state index in [1.54, 1.807) is 93.6 Å². The van der Waals surface area contributed by atoms with Crippen molar-refractivity contribution in [2.24, 2.45) is 0 Å². The molecule has 0 saturated carbocycles. The first kappa shape index (κ1) is 35.3. The zero-order chi connectivity index (χ0) is 32.5. The van der Waals surface area contributed by atoms with Crippen molar-refractivity contribution in [1.82, 2.24) is 10.2 Å². The van der Waals surface area contributed by atoms with Crippen molar-refractivity contribution in [3.63, 3.8) is 0 Å². The normalized spacial score (nSPS) is 11.4. The number of rotatable bonds is 16. The number of ether oxygens (including phenoxy) is 3. The highest BCUT2D eigenvalue weighted by molar-refractivity contribution is 7.48. The van der Waals surface area contributed by atoms with Gasteiger partial charge in [0.1, 0.15) is 18.8 Å². The molecule has 242 valence electrons. The Balaban J connectivity index is 1.60. The van der Waals surface area contributed by atoms with E-state index in [0.717, 1.165) is 21.6 Å². The van der Waals surface area contributed by atoms with Crippen molar-refractivity contribution >= 4 is 26.0 Å². The molecule has 0 aliphatic heterocycles. The summed E-state index contributed by atoms with van der Waals surface area (Å²) in [4.78, 5) is 38.7. The second-order valence-electron chi connectivity index (χ2n) is 10.6. The van der Waals surface area contributed by atoms with Crippen LogP contribution in [0.3, 0.4) is 0 Å². The predicted molar refractivity (Wildman–Crippen MR) is 165 cm³/mol. The van der Waals surface area contributed by atoms with Gasteiger partial charge >= 0.3 is 26.0 Å². The fourth-order valence-corrected chi connectivity index (χ4v) is 4.60. The van der Waals surface area contributed by atoms with Crippen LogP contribution in [0.25, 0.3) is 0 Å². The van der Waals surface area contributed by atoms with Crippen LogP contribution < -0.4 is 5.32 Å². The van der Waals surface area contributed by atoms with Crippen LogP contribution in [-0.2, 0) is 57.0 Å². The summed E-state index contributed by atoms with van der Waals surface area (Å²) in [5, 5.41) is 2.52. The molecule has 0 heterocycles. The van der Waals surface area contributed by atoms with E-state index in [4.69, 9.17) is 27.8 Å². The number of benzene rings is 3. The lowest BCUT2D eigenvalue weighted by Gasteiger charge is -2.23. The quantitative estimate of drug-likeness (QED) is 0.0831. The molecule has 45 heavy (non-hydrogen) atoms. The van der Waals surface area contributed by atoms with Crippen LogP contribution in [0, 0.1) is 0 Å². The Kier molecular flexibility index (Phi) is 14.0. The Morgan fingerprint density at radius 2 is 1.20 bits per heavy atom. The van der Waals surface area contributed by atoms with Gasteiger partial charge in [-0.3, -0.25) is 18.7 Å². The Morgan fingerprint density at radius 1 is 0.711 bits per heavy atom. The maximum absolute atomic E-state index is 13.5. The van der Waals surface area contributed by atoms with Gasteiger partial charge in [0.25, 0.3) is 0 Å². The lowest BCUT2D eigenvalue weighted by molar-refractivity contribution is -0.146. The highest BCUT2D eigenvalue weighted by Crippen LogP contribution is 2.50. The number of nitrogens with zero attached hydrogens (tertiary/aromatic N) is 1. The fraction of sp³-hybridized carbons (Fsp3) is 0.344. The van der Waals surface area contributed by atoms with Crippen molar-refractivity contribution in [1.29, 1.82) is 0 Å². The van der Waals surface area contributed by atoms with Crippen LogP contribution in [0.4, 0.5) is 9.59 Å². The maximum atomic E-state index is 13.5. The third-order valence-electron chi connectivity index (χ3n) is 5.73. The first-order chi connectivity index (χ1) is 21.5. The monoisotopic (exact) mass is 642 g/mol. The molecule has 0 aliphatic rings. The Morgan fingerprint density at radius 3 is 1.69 bits per heavy atom. The average Bonchev–Trinajstić information content (AvgIpc) is 3.02. The smallest absolute Gasteiger partial charge is 0.459 e. The summed E-state index contributed by atoms with van der Waals surface area (Å²) in [7, 11) is -4.22. The van der Waals surface area contributed by atoms with E-state index in [0.29, 0.717) is 0 Å². The van der Waals surface area contributed by atoms with Gasteiger partial charge in [-0.25, -0.2) is 18.7 Å². The van der Waals surface area contributed by atoms with E-state index in [-0.39, 0.29) is 32.9 Å². The molecular weight excluding hydrogens is 603 g/mol. The minimum Gasteiger partial charge on any atom is -0.459 e. The standard InChI is InChI=1S/C32H39N2O10P/c1-32(2,3)44-30(36)33-19-20-34(21-29(35)39-22-26-13-7-4-8-14-26)31(37)40-25-43-45(38,41-23-27-15-9-5-10-16-27)42-24-28-17-11-6-12-18-28/h4-18H,19-25H2,1-3H3,(H,33,36). The zero-order valence-corrected chi connectivity index (χ0v) is 26.5. The van der Waals surface area contributed by atoms with Gasteiger partial charge in [-0.1, -0.05) is 91.0 Å². The summed E-state index contributed by atoms with van der Waals surface area (Å²) < 4.78 is 45.5. The predicted octanol–water partition coefficient (Wildman–Crippen LogP) is 6.21. The van der Waals surface area contributed by atoms with Gasteiger partial charge in [-0.05, 0) is 37.5 Å². The summed E-state index contributed by atoms with van der Waals surface area (Å²) in [6, 6.07) is 27.0. The molecule has 0 atom stereocenters. The molecule has 3 rings (SSSR count). The average molecular weight is 643 g/mol. The van der Waals surface area contributed by atoms with Crippen LogP contribution in [0.5, 0.6) is 0 Å². The second-order valence-corrected chi connectivity index (χ2v) is 12.3. The molecule has 1 N–H and O–H groups in total. The lowest BCUT2D eigenvalue weighted by atomic mass is 10.2. The molecule has 2 amide bonds. The summed E-state index contributed by atoms with van der Waals surface area (Å²) in [6.07, 6.45) is -1.69. The molecule has 0 aromatic heterocycles. The first-order valence-electron chi connectivity index (χ1n) is 14.2. The summed E-state index contributed by atoms with van der Waals surface area (Å²) >= 11 is 0. The number of hydrogen-bond acceptors (Lipinski definition) is 10. The van der Waals surface area contributed by atoms with Crippen LogP contribution >= 0.6 is 7.82 Å². The van der Waals surface area contributed by atoms with Gasteiger partial charge in [0.15, 0.2) is 0 Å². The van der Waals surface area contributed by atoms with Crippen LogP contribution in [-0.4, -0.2) is 55.1 Å².